The van der Waals surface area contributed by atoms with Crippen LogP contribution in [0.25, 0.3) is 22.0 Å². The van der Waals surface area contributed by atoms with E-state index in [1.54, 1.807) is 6.07 Å². The number of nitrogens with zero attached hydrogens (tertiary/aromatic N) is 3. The summed E-state index contributed by atoms with van der Waals surface area (Å²) < 4.78 is 83.6. The van der Waals surface area contributed by atoms with Crippen LogP contribution in [-0.4, -0.2) is 52.8 Å². The van der Waals surface area contributed by atoms with E-state index in [1.165, 1.54) is 25.2 Å². The lowest BCUT2D eigenvalue weighted by molar-refractivity contribution is 0.0802. The van der Waals surface area contributed by atoms with Crippen molar-refractivity contribution in [2.24, 2.45) is 0 Å². The van der Waals surface area contributed by atoms with Crippen LogP contribution in [0.1, 0.15) is 16.1 Å². The van der Waals surface area contributed by atoms with E-state index in [1.807, 2.05) is 0 Å². The molecule has 1 aliphatic rings. The van der Waals surface area contributed by atoms with Crippen LogP contribution in [0.3, 0.4) is 0 Å². The van der Waals surface area contributed by atoms with E-state index < -0.39 is 59.5 Å². The topological polar surface area (TPSA) is 106 Å². The number of anilines is 2. The molecule has 14 heteroatoms. The Morgan fingerprint density at radius 3 is 2.63 bits per heavy atom. The number of aromatic nitrogens is 2. The van der Waals surface area contributed by atoms with Gasteiger partial charge in [0.25, 0.3) is 17.2 Å². The molecule has 4 aromatic rings. The first kappa shape index (κ1) is 30.7. The largest absolute Gasteiger partial charge is 0.493 e. The van der Waals surface area contributed by atoms with E-state index in [9.17, 15) is 13.6 Å². The van der Waals surface area contributed by atoms with Crippen LogP contribution in [0.4, 0.5) is 24.5 Å². The zero-order valence-electron chi connectivity index (χ0n) is 24.0. The summed E-state index contributed by atoms with van der Waals surface area (Å²) in [6.45, 7) is 7.18. The van der Waals surface area contributed by atoms with Crippen molar-refractivity contribution in [1.29, 1.82) is 0 Å². The molecule has 1 atom stereocenters. The monoisotopic (exact) mass is 632 g/mol. The normalized spacial score (nSPS) is 13.6. The number of carbonyl (C=O) groups excluding carboxylic acids is 1. The second-order valence-corrected chi connectivity index (χ2v) is 17.7. The lowest BCUT2D eigenvalue weighted by atomic mass is 10.00. The molecule has 0 saturated carbocycles. The molecule has 2 heterocycles. The molecular weight excluding hydrogens is 601 g/mol. The Balaban J connectivity index is 1.62. The van der Waals surface area contributed by atoms with Gasteiger partial charge >= 0.3 is 0 Å². The van der Waals surface area contributed by atoms with Gasteiger partial charge in [0, 0.05) is 45.2 Å². The number of ether oxygens (including phenoxy) is 2. The third-order valence-corrected chi connectivity index (χ3v) is 9.56. The third kappa shape index (κ3) is 6.05. The van der Waals surface area contributed by atoms with Gasteiger partial charge < -0.3 is 14.8 Å². The maximum absolute atomic E-state index is 16.3. The molecule has 1 aromatic heterocycles. The van der Waals surface area contributed by atoms with E-state index in [2.05, 4.69) is 30.1 Å². The fourth-order valence-electron chi connectivity index (χ4n) is 4.87. The Hall–Kier alpha value is -3.72. The third-order valence-electron chi connectivity index (χ3n) is 7.13. The average molecular weight is 633 g/mol. The molecular formula is C29H31F3N4O5SSi. The summed E-state index contributed by atoms with van der Waals surface area (Å²) >= 11 is -2.78. The fourth-order valence-corrected chi connectivity index (χ4v) is 6.23. The molecule has 1 amide bonds. The number of carbonyl (C=O) groups is 1. The average Bonchev–Trinajstić information content (AvgIpc) is 3.57. The minimum absolute atomic E-state index is 0.0767. The van der Waals surface area contributed by atoms with Gasteiger partial charge in [0.1, 0.15) is 23.8 Å². The summed E-state index contributed by atoms with van der Waals surface area (Å²) in [5.74, 6) is -3.47. The summed E-state index contributed by atoms with van der Waals surface area (Å²) in [4.78, 5) is 12.5. The van der Waals surface area contributed by atoms with Crippen LogP contribution in [0, 0.1) is 17.5 Å². The van der Waals surface area contributed by atoms with Gasteiger partial charge in [0.2, 0.25) is 0 Å². The van der Waals surface area contributed by atoms with E-state index >= 15 is 13.2 Å². The number of fused-ring (bicyclic) bond motifs is 2. The predicted octanol–water partition coefficient (Wildman–Crippen LogP) is 6.00. The van der Waals surface area contributed by atoms with Crippen LogP contribution in [0.5, 0.6) is 5.75 Å². The number of halogens is 3. The maximum atomic E-state index is 16.3. The molecule has 0 radical (unpaired) electrons. The number of benzene rings is 3. The van der Waals surface area contributed by atoms with Gasteiger partial charge in [-0.25, -0.2) is 26.4 Å². The van der Waals surface area contributed by atoms with Crippen LogP contribution in [-0.2, 0) is 29.2 Å². The van der Waals surface area contributed by atoms with Crippen molar-refractivity contribution in [3.05, 3.63) is 71.2 Å². The Morgan fingerprint density at radius 2 is 1.93 bits per heavy atom. The molecule has 3 aromatic carbocycles. The summed E-state index contributed by atoms with van der Waals surface area (Å²) in [5, 5.41) is 6.83. The fraction of sp³-hybridized carbons (Fsp3) is 0.310. The minimum Gasteiger partial charge on any atom is -0.493 e. The van der Waals surface area contributed by atoms with Gasteiger partial charge in [-0.3, -0.25) is 9.35 Å². The molecule has 0 saturated heterocycles. The Bertz CT molecular complexity index is 1740. The first-order valence-corrected chi connectivity index (χ1v) is 18.3. The van der Waals surface area contributed by atoms with Gasteiger partial charge in [0.15, 0.2) is 17.3 Å². The van der Waals surface area contributed by atoms with Crippen molar-refractivity contribution in [2.45, 2.75) is 38.8 Å². The number of nitrogens with one attached hydrogen (secondary N) is 1. The predicted molar refractivity (Wildman–Crippen MR) is 161 cm³/mol. The minimum atomic E-state index is -2.78. The Kier molecular flexibility index (Phi) is 8.65. The highest BCUT2D eigenvalue weighted by Gasteiger charge is 2.29. The number of amides is 1. The molecule has 0 bridgehead atoms. The van der Waals surface area contributed by atoms with Crippen molar-refractivity contribution in [3.63, 3.8) is 0 Å². The first-order valence-electron chi connectivity index (χ1n) is 13.6. The second-order valence-electron chi connectivity index (χ2n) is 11.3. The van der Waals surface area contributed by atoms with Crippen LogP contribution in [0.2, 0.25) is 25.7 Å². The van der Waals surface area contributed by atoms with Crippen LogP contribution < -0.4 is 14.4 Å². The zero-order valence-corrected chi connectivity index (χ0v) is 25.9. The van der Waals surface area contributed by atoms with Crippen molar-refractivity contribution < 1.29 is 36.2 Å². The molecule has 0 spiro atoms. The molecule has 228 valence electrons. The molecule has 1 aliphatic heterocycles. The van der Waals surface area contributed by atoms with E-state index in [-0.39, 0.29) is 29.0 Å². The van der Waals surface area contributed by atoms with Gasteiger partial charge in [0.05, 0.1) is 23.5 Å². The van der Waals surface area contributed by atoms with E-state index in [0.717, 1.165) is 38.8 Å². The summed E-state index contributed by atoms with van der Waals surface area (Å²) in [6.07, 6.45) is 0.663. The molecule has 43 heavy (non-hydrogen) atoms. The summed E-state index contributed by atoms with van der Waals surface area (Å²) in [7, 11) is -0.0182. The highest BCUT2D eigenvalue weighted by atomic mass is 32.2. The summed E-state index contributed by atoms with van der Waals surface area (Å²) in [5.41, 5.74) is -0.906. The van der Waals surface area contributed by atoms with Crippen molar-refractivity contribution >= 4 is 47.5 Å². The molecule has 9 nitrogen and oxygen atoms in total. The molecule has 0 aliphatic carbocycles. The van der Waals surface area contributed by atoms with E-state index in [4.69, 9.17) is 9.47 Å². The van der Waals surface area contributed by atoms with Crippen molar-refractivity contribution in [1.82, 2.24) is 15.1 Å². The number of hydrogen-bond donors (Lipinski definition) is 2. The van der Waals surface area contributed by atoms with Crippen LogP contribution in [0.15, 0.2) is 42.5 Å². The lowest BCUT2D eigenvalue weighted by Gasteiger charge is -2.22. The molecule has 5 rings (SSSR count). The molecule has 1 unspecified atom stereocenters. The SMILES string of the molecule is CNC(=O)c1nn(COCC[Si](C)(C)C)c2c(F)c(-c3c(F)ccc(N(c4ccc5c(c4)OCC5)S(=O)O)c3F)ccc12. The maximum Gasteiger partial charge on any atom is 0.272 e. The van der Waals surface area contributed by atoms with Gasteiger partial charge in [-0.2, -0.15) is 5.10 Å². The quantitative estimate of drug-likeness (QED) is 0.126. The molecule has 0 fully saturated rings. The highest BCUT2D eigenvalue weighted by molar-refractivity contribution is 7.81. The van der Waals surface area contributed by atoms with Crippen molar-refractivity contribution in [2.75, 3.05) is 24.6 Å². The summed E-state index contributed by atoms with van der Waals surface area (Å²) in [6, 6.07) is 9.96. The lowest BCUT2D eigenvalue weighted by Crippen LogP contribution is -2.22. The zero-order chi connectivity index (χ0) is 31.1. The standard InChI is InChI=1S/C29H31F3N4O5SSi/c1-33-29(37)27-20-8-7-19(25(31)28(20)35(34-27)16-40-13-14-43(2,3)4)24-21(30)9-10-22(26(24)32)36(42(38)39)18-6-5-17-11-12-41-23(17)15-18/h5-10,15H,11-14,16H2,1-4H3,(H,33,37)(H,38,39). The smallest absolute Gasteiger partial charge is 0.272 e. The Labute approximate surface area is 250 Å². The van der Waals surface area contributed by atoms with Gasteiger partial charge in [-0.15, -0.1) is 0 Å². The van der Waals surface area contributed by atoms with Crippen molar-refractivity contribution in [3.8, 4) is 16.9 Å². The van der Waals surface area contributed by atoms with Gasteiger partial charge in [-0.1, -0.05) is 31.8 Å². The molecule has 2 N–H and O–H groups in total. The first-order chi connectivity index (χ1) is 20.4. The Morgan fingerprint density at radius 1 is 1.16 bits per heavy atom. The number of hydrogen-bond acceptors (Lipinski definition) is 5. The van der Waals surface area contributed by atoms with Gasteiger partial charge in [-0.05, 0) is 35.9 Å². The second kappa shape index (κ2) is 12.1. The number of rotatable bonds is 10. The van der Waals surface area contributed by atoms with E-state index in [0.29, 0.717) is 25.4 Å². The highest BCUT2D eigenvalue weighted by Crippen LogP contribution is 2.40. The van der Waals surface area contributed by atoms with Crippen LogP contribution >= 0.6 is 0 Å².